The molecule has 21 heavy (non-hydrogen) atoms. The number of aryl methyl sites for hydroxylation is 3. The van der Waals surface area contributed by atoms with Crippen LogP contribution in [0.5, 0.6) is 0 Å². The van der Waals surface area contributed by atoms with E-state index in [1.807, 2.05) is 0 Å². The quantitative estimate of drug-likeness (QED) is 0.844. The van der Waals surface area contributed by atoms with Crippen LogP contribution in [0, 0.1) is 13.8 Å². The summed E-state index contributed by atoms with van der Waals surface area (Å²) in [5.74, 6) is -1.25. The number of nitrogens with zero attached hydrogens (tertiary/aromatic N) is 2. The van der Waals surface area contributed by atoms with Gasteiger partial charge in [0.05, 0.1) is 12.2 Å². The van der Waals surface area contributed by atoms with Gasteiger partial charge in [0.2, 0.25) is 10.0 Å². The van der Waals surface area contributed by atoms with Crippen LogP contribution in [0.2, 0.25) is 0 Å². The van der Waals surface area contributed by atoms with Gasteiger partial charge in [-0.2, -0.15) is 5.10 Å². The van der Waals surface area contributed by atoms with Crippen molar-refractivity contribution in [1.82, 2.24) is 14.5 Å². The van der Waals surface area contributed by atoms with Crippen LogP contribution in [0.3, 0.4) is 0 Å². The molecule has 0 spiro atoms. The maximum absolute atomic E-state index is 12.3. The van der Waals surface area contributed by atoms with Crippen molar-refractivity contribution < 1.29 is 22.7 Å². The number of aromatic nitrogens is 2. The van der Waals surface area contributed by atoms with Crippen LogP contribution < -0.4 is 4.72 Å². The van der Waals surface area contributed by atoms with Gasteiger partial charge in [-0.25, -0.2) is 17.9 Å². The Kier molecular flexibility index (Phi) is 3.88. The molecule has 114 valence electrons. The smallest absolute Gasteiger partial charge is 0.340 e. The lowest BCUT2D eigenvalue weighted by molar-refractivity contribution is 0.0691. The summed E-state index contributed by atoms with van der Waals surface area (Å²) < 4.78 is 33.6. The Balaban J connectivity index is 2.34. The van der Waals surface area contributed by atoms with Crippen LogP contribution in [-0.4, -0.2) is 29.3 Å². The van der Waals surface area contributed by atoms with Crippen LogP contribution in [0.4, 0.5) is 0 Å². The van der Waals surface area contributed by atoms with Gasteiger partial charge in [0.15, 0.2) is 0 Å². The van der Waals surface area contributed by atoms with Gasteiger partial charge in [0.1, 0.15) is 22.0 Å². The van der Waals surface area contributed by atoms with E-state index >= 15 is 0 Å². The second-order valence-electron chi connectivity index (χ2n) is 4.53. The van der Waals surface area contributed by atoms with Gasteiger partial charge in [-0.15, -0.1) is 0 Å². The summed E-state index contributed by atoms with van der Waals surface area (Å²) in [7, 11) is -2.30. The van der Waals surface area contributed by atoms with E-state index in [1.165, 1.54) is 13.8 Å². The van der Waals surface area contributed by atoms with Crippen LogP contribution in [0.1, 0.15) is 27.6 Å². The molecular weight excluding hydrogens is 298 g/mol. The summed E-state index contributed by atoms with van der Waals surface area (Å²) in [6.45, 7) is 2.79. The topological polar surface area (TPSA) is 114 Å². The molecule has 0 bridgehead atoms. The second-order valence-corrected chi connectivity index (χ2v) is 6.23. The number of rotatable bonds is 5. The average molecular weight is 313 g/mol. The van der Waals surface area contributed by atoms with E-state index in [0.717, 1.165) is 0 Å². The number of carboxylic acid groups (broad SMARTS) is 1. The Hall–Kier alpha value is -2.13. The van der Waals surface area contributed by atoms with E-state index in [4.69, 9.17) is 9.52 Å². The molecule has 0 fully saturated rings. The number of carboxylic acids is 1. The zero-order valence-corrected chi connectivity index (χ0v) is 12.6. The summed E-state index contributed by atoms with van der Waals surface area (Å²) in [4.78, 5) is 10.9. The molecule has 0 saturated carbocycles. The summed E-state index contributed by atoms with van der Waals surface area (Å²) in [6.07, 6.45) is 1.68. The average Bonchev–Trinajstić information content (AvgIpc) is 2.90. The number of hydrogen-bond donors (Lipinski definition) is 2. The molecule has 8 nitrogen and oxygen atoms in total. The van der Waals surface area contributed by atoms with Crippen molar-refractivity contribution in [2.24, 2.45) is 7.05 Å². The standard InChI is InChI=1S/C12H15N3O5S/c1-7-10(12(16)17)11(8(2)20-7)21(18,19)13-6-9-4-5-15(3)14-9/h4-5,13H,6H2,1-3H3,(H,16,17). The molecule has 0 radical (unpaired) electrons. The molecule has 2 heterocycles. The maximum atomic E-state index is 12.3. The molecule has 0 aliphatic rings. The van der Waals surface area contributed by atoms with E-state index in [1.54, 1.807) is 24.0 Å². The van der Waals surface area contributed by atoms with Crippen LogP contribution >= 0.6 is 0 Å². The molecule has 0 aliphatic heterocycles. The van der Waals surface area contributed by atoms with Crippen molar-refractivity contribution in [3.8, 4) is 0 Å². The fourth-order valence-electron chi connectivity index (χ4n) is 2.03. The lowest BCUT2D eigenvalue weighted by Gasteiger charge is -2.05. The lowest BCUT2D eigenvalue weighted by Crippen LogP contribution is -2.25. The van der Waals surface area contributed by atoms with E-state index in [9.17, 15) is 13.2 Å². The first-order valence-corrected chi connectivity index (χ1v) is 7.52. The van der Waals surface area contributed by atoms with Gasteiger partial charge in [-0.05, 0) is 19.9 Å². The molecule has 2 N–H and O–H groups in total. The van der Waals surface area contributed by atoms with E-state index in [-0.39, 0.29) is 28.5 Å². The molecule has 0 atom stereocenters. The predicted molar refractivity (Wildman–Crippen MR) is 72.4 cm³/mol. The highest BCUT2D eigenvalue weighted by Gasteiger charge is 2.30. The number of furan rings is 1. The Morgan fingerprint density at radius 3 is 2.62 bits per heavy atom. The van der Waals surface area contributed by atoms with Gasteiger partial charge in [-0.3, -0.25) is 4.68 Å². The summed E-state index contributed by atoms with van der Waals surface area (Å²) >= 11 is 0. The van der Waals surface area contributed by atoms with Crippen molar-refractivity contribution in [1.29, 1.82) is 0 Å². The number of aromatic carboxylic acids is 1. The Labute approximate surface area is 121 Å². The maximum Gasteiger partial charge on any atom is 0.340 e. The van der Waals surface area contributed by atoms with Gasteiger partial charge >= 0.3 is 5.97 Å². The fourth-order valence-corrected chi connectivity index (χ4v) is 3.43. The molecule has 0 saturated heterocycles. The van der Waals surface area contributed by atoms with Crippen molar-refractivity contribution >= 4 is 16.0 Å². The van der Waals surface area contributed by atoms with E-state index < -0.39 is 16.0 Å². The largest absolute Gasteiger partial charge is 0.478 e. The molecule has 2 aromatic heterocycles. The Morgan fingerprint density at radius 1 is 1.43 bits per heavy atom. The SMILES string of the molecule is Cc1oc(C)c(S(=O)(=O)NCc2ccn(C)n2)c1C(=O)O. The van der Waals surface area contributed by atoms with Gasteiger partial charge in [-0.1, -0.05) is 0 Å². The summed E-state index contributed by atoms with van der Waals surface area (Å²) in [5, 5.41) is 13.2. The third-order valence-electron chi connectivity index (χ3n) is 2.90. The lowest BCUT2D eigenvalue weighted by atomic mass is 10.2. The highest BCUT2D eigenvalue weighted by atomic mass is 32.2. The second kappa shape index (κ2) is 5.34. The normalized spacial score (nSPS) is 11.8. The van der Waals surface area contributed by atoms with E-state index in [0.29, 0.717) is 5.69 Å². The van der Waals surface area contributed by atoms with Crippen molar-refractivity contribution in [2.45, 2.75) is 25.3 Å². The highest BCUT2D eigenvalue weighted by Crippen LogP contribution is 2.26. The molecule has 2 aromatic rings. The minimum absolute atomic E-state index is 0.0358. The van der Waals surface area contributed by atoms with Crippen molar-refractivity contribution in [3.63, 3.8) is 0 Å². The monoisotopic (exact) mass is 313 g/mol. The van der Waals surface area contributed by atoms with Gasteiger partial charge < -0.3 is 9.52 Å². The number of nitrogens with one attached hydrogen (secondary N) is 1. The molecule has 0 unspecified atom stereocenters. The first kappa shape index (κ1) is 15.3. The predicted octanol–water partition coefficient (Wildman–Crippen LogP) is 0.807. The summed E-state index contributed by atoms with van der Waals surface area (Å²) in [6, 6.07) is 1.66. The molecule has 0 aromatic carbocycles. The molecular formula is C12H15N3O5S. The Bertz CT molecular complexity index is 788. The number of carbonyl (C=O) groups is 1. The minimum atomic E-state index is -4.01. The number of hydrogen-bond acceptors (Lipinski definition) is 5. The molecule has 2 rings (SSSR count). The van der Waals surface area contributed by atoms with Gasteiger partial charge in [0, 0.05) is 13.2 Å². The fraction of sp³-hybridized carbons (Fsp3) is 0.333. The minimum Gasteiger partial charge on any atom is -0.478 e. The van der Waals surface area contributed by atoms with E-state index in [2.05, 4.69) is 9.82 Å². The third-order valence-corrected chi connectivity index (χ3v) is 4.45. The molecule has 0 amide bonds. The van der Waals surface area contributed by atoms with Crippen LogP contribution in [0.25, 0.3) is 0 Å². The highest BCUT2D eigenvalue weighted by molar-refractivity contribution is 7.89. The van der Waals surface area contributed by atoms with Crippen molar-refractivity contribution in [3.05, 3.63) is 35.0 Å². The van der Waals surface area contributed by atoms with Crippen LogP contribution in [-0.2, 0) is 23.6 Å². The summed E-state index contributed by atoms with van der Waals surface area (Å²) in [5.41, 5.74) is 0.178. The zero-order valence-electron chi connectivity index (χ0n) is 11.7. The van der Waals surface area contributed by atoms with Gasteiger partial charge in [0.25, 0.3) is 0 Å². The zero-order chi connectivity index (χ0) is 15.8. The Morgan fingerprint density at radius 2 is 2.10 bits per heavy atom. The third kappa shape index (κ3) is 2.98. The van der Waals surface area contributed by atoms with Crippen LogP contribution in [0.15, 0.2) is 21.6 Å². The van der Waals surface area contributed by atoms with Crippen molar-refractivity contribution in [2.75, 3.05) is 0 Å². The molecule has 9 heteroatoms. The number of sulfonamides is 1. The molecule has 0 aliphatic carbocycles. The first-order valence-electron chi connectivity index (χ1n) is 6.04. The first-order chi connectivity index (χ1) is 9.72.